The molecule has 2 aromatic carbocycles. The van der Waals surface area contributed by atoms with Gasteiger partial charge in [0, 0.05) is 17.4 Å². The van der Waals surface area contributed by atoms with Crippen molar-refractivity contribution in [2.24, 2.45) is 0 Å². The summed E-state index contributed by atoms with van der Waals surface area (Å²) >= 11 is 3.35. The molecule has 1 unspecified atom stereocenters. The lowest BCUT2D eigenvalue weighted by atomic mass is 9.92. The van der Waals surface area contributed by atoms with Crippen molar-refractivity contribution in [2.75, 3.05) is 5.32 Å². The van der Waals surface area contributed by atoms with E-state index in [1.165, 1.54) is 0 Å². The maximum absolute atomic E-state index is 12.7. The van der Waals surface area contributed by atoms with Gasteiger partial charge >= 0.3 is 0 Å². The van der Waals surface area contributed by atoms with E-state index in [-0.39, 0.29) is 6.84 Å². The van der Waals surface area contributed by atoms with Crippen molar-refractivity contribution in [3.63, 3.8) is 0 Å². The number of rotatable bonds is 4. The summed E-state index contributed by atoms with van der Waals surface area (Å²) in [6.45, 7) is 8.22. The van der Waals surface area contributed by atoms with E-state index in [1.54, 1.807) is 28.9 Å². The molecule has 0 bridgehead atoms. The quantitative estimate of drug-likeness (QED) is 0.584. The predicted molar refractivity (Wildman–Crippen MR) is 117 cm³/mol. The number of benzene rings is 2. The SMILES string of the molecule is Cc1ccc(-n2nc(C(C)(C)C)cc2NC(=O)C(O)c2ccc(Br)cc2)cc1.[HH]. The Morgan fingerprint density at radius 1 is 1.14 bits per heavy atom. The summed E-state index contributed by atoms with van der Waals surface area (Å²) < 4.78 is 2.59. The molecule has 28 heavy (non-hydrogen) atoms. The van der Waals surface area contributed by atoms with Crippen LogP contribution in [0, 0.1) is 6.92 Å². The van der Waals surface area contributed by atoms with Crippen LogP contribution < -0.4 is 5.32 Å². The molecule has 0 radical (unpaired) electrons. The molecule has 3 aromatic rings. The standard InChI is InChI=1S/C22H24BrN3O2.H2/c1-14-5-11-17(12-6-14)26-19(13-18(25-26)22(2,3)4)24-21(28)20(27)15-7-9-16(23)10-8-15;/h5-13,20,27H,1-4H3,(H,24,28);1H. The Bertz CT molecular complexity index is 977. The van der Waals surface area contributed by atoms with Gasteiger partial charge in [0.15, 0.2) is 6.10 Å². The Morgan fingerprint density at radius 2 is 1.75 bits per heavy atom. The van der Waals surface area contributed by atoms with Gasteiger partial charge in [-0.25, -0.2) is 4.68 Å². The van der Waals surface area contributed by atoms with Crippen LogP contribution in [0.5, 0.6) is 0 Å². The number of aromatic nitrogens is 2. The third-order valence-corrected chi connectivity index (χ3v) is 4.97. The van der Waals surface area contributed by atoms with E-state index in [0.29, 0.717) is 11.4 Å². The number of hydrogen-bond acceptors (Lipinski definition) is 3. The summed E-state index contributed by atoms with van der Waals surface area (Å²) in [5.74, 6) is 0.0194. The average molecular weight is 444 g/mol. The van der Waals surface area contributed by atoms with Crippen LogP contribution in [0.1, 0.15) is 45.1 Å². The Kier molecular flexibility index (Phi) is 5.72. The maximum Gasteiger partial charge on any atom is 0.258 e. The number of carbonyl (C=O) groups excluding carboxylic acids is 1. The monoisotopic (exact) mass is 443 g/mol. The van der Waals surface area contributed by atoms with Crippen LogP contribution >= 0.6 is 15.9 Å². The number of aryl methyl sites for hydroxylation is 1. The van der Waals surface area contributed by atoms with Gasteiger partial charge < -0.3 is 10.4 Å². The van der Waals surface area contributed by atoms with Crippen molar-refractivity contribution >= 4 is 27.7 Å². The van der Waals surface area contributed by atoms with E-state index < -0.39 is 12.0 Å². The van der Waals surface area contributed by atoms with Gasteiger partial charge in [-0.15, -0.1) is 0 Å². The number of aliphatic hydroxyl groups excluding tert-OH is 1. The second kappa shape index (κ2) is 7.89. The van der Waals surface area contributed by atoms with Crippen molar-refractivity contribution in [1.29, 1.82) is 0 Å². The van der Waals surface area contributed by atoms with Gasteiger partial charge in [-0.1, -0.05) is 66.5 Å². The van der Waals surface area contributed by atoms with Crippen LogP contribution in [0.25, 0.3) is 5.69 Å². The Labute approximate surface area is 175 Å². The van der Waals surface area contributed by atoms with Crippen LogP contribution in [-0.4, -0.2) is 20.8 Å². The molecule has 6 heteroatoms. The van der Waals surface area contributed by atoms with E-state index in [9.17, 15) is 9.90 Å². The molecule has 0 fully saturated rings. The molecule has 0 aliphatic rings. The maximum atomic E-state index is 12.7. The first kappa shape index (κ1) is 20.3. The molecule has 1 heterocycles. The van der Waals surface area contributed by atoms with Gasteiger partial charge in [0.25, 0.3) is 5.91 Å². The first-order chi connectivity index (χ1) is 13.1. The summed E-state index contributed by atoms with van der Waals surface area (Å²) in [7, 11) is 0. The first-order valence-corrected chi connectivity index (χ1v) is 9.86. The summed E-state index contributed by atoms with van der Waals surface area (Å²) in [5.41, 5.74) is 3.18. The Morgan fingerprint density at radius 3 is 2.32 bits per heavy atom. The van der Waals surface area contributed by atoms with Gasteiger partial charge in [-0.05, 0) is 36.8 Å². The van der Waals surface area contributed by atoms with E-state index >= 15 is 0 Å². The van der Waals surface area contributed by atoms with Crippen LogP contribution in [0.15, 0.2) is 59.1 Å². The highest BCUT2D eigenvalue weighted by Crippen LogP contribution is 2.27. The van der Waals surface area contributed by atoms with Gasteiger partial charge in [-0.3, -0.25) is 4.79 Å². The summed E-state index contributed by atoms with van der Waals surface area (Å²) in [4.78, 5) is 12.7. The molecule has 0 aliphatic heterocycles. The van der Waals surface area contributed by atoms with Crippen molar-refractivity contribution in [1.82, 2.24) is 9.78 Å². The molecular weight excluding hydrogens is 418 g/mol. The number of hydrogen-bond donors (Lipinski definition) is 2. The number of amides is 1. The fourth-order valence-corrected chi connectivity index (χ4v) is 2.97. The lowest BCUT2D eigenvalue weighted by Gasteiger charge is -2.14. The lowest BCUT2D eigenvalue weighted by Crippen LogP contribution is -2.22. The Hall–Kier alpha value is -2.44. The van der Waals surface area contributed by atoms with E-state index in [1.807, 2.05) is 37.3 Å². The molecule has 0 saturated carbocycles. The molecule has 3 rings (SSSR count). The zero-order valence-electron chi connectivity index (χ0n) is 16.4. The Balaban J connectivity index is 0.00000300. The van der Waals surface area contributed by atoms with E-state index in [0.717, 1.165) is 21.4 Å². The van der Waals surface area contributed by atoms with Crippen molar-refractivity contribution in [2.45, 2.75) is 39.2 Å². The highest BCUT2D eigenvalue weighted by molar-refractivity contribution is 9.10. The van der Waals surface area contributed by atoms with Crippen LogP contribution in [0.4, 0.5) is 5.82 Å². The van der Waals surface area contributed by atoms with Crippen LogP contribution in [0.3, 0.4) is 0 Å². The zero-order chi connectivity index (χ0) is 20.5. The number of carbonyl (C=O) groups is 1. The van der Waals surface area contributed by atoms with Gasteiger partial charge in [0.1, 0.15) is 5.82 Å². The minimum absolute atomic E-state index is 0. The van der Waals surface area contributed by atoms with E-state index in [2.05, 4.69) is 42.0 Å². The molecule has 0 saturated heterocycles. The molecule has 1 aromatic heterocycles. The number of aliphatic hydroxyl groups is 1. The number of halogens is 1. The lowest BCUT2D eigenvalue weighted by molar-refractivity contribution is -0.124. The highest BCUT2D eigenvalue weighted by atomic mass is 79.9. The van der Waals surface area contributed by atoms with Crippen molar-refractivity contribution < 1.29 is 11.3 Å². The molecule has 0 spiro atoms. The number of nitrogens with zero attached hydrogens (tertiary/aromatic N) is 2. The largest absolute Gasteiger partial charge is 0.378 e. The van der Waals surface area contributed by atoms with Gasteiger partial charge in [0.2, 0.25) is 0 Å². The molecule has 1 amide bonds. The summed E-state index contributed by atoms with van der Waals surface area (Å²) in [6.07, 6.45) is -1.27. The molecule has 148 valence electrons. The second-order valence-corrected chi connectivity index (χ2v) is 8.77. The zero-order valence-corrected chi connectivity index (χ0v) is 18.0. The number of anilines is 1. The highest BCUT2D eigenvalue weighted by Gasteiger charge is 2.24. The molecule has 2 N–H and O–H groups in total. The first-order valence-electron chi connectivity index (χ1n) is 9.07. The van der Waals surface area contributed by atoms with Gasteiger partial charge in [-0.2, -0.15) is 5.10 Å². The third kappa shape index (κ3) is 4.51. The predicted octanol–water partition coefficient (Wildman–Crippen LogP) is 5.16. The van der Waals surface area contributed by atoms with Gasteiger partial charge in [0.05, 0.1) is 11.4 Å². The molecule has 5 nitrogen and oxygen atoms in total. The topological polar surface area (TPSA) is 67.2 Å². The van der Waals surface area contributed by atoms with Crippen molar-refractivity contribution in [3.8, 4) is 5.69 Å². The fraction of sp³-hybridized carbons (Fsp3) is 0.273. The fourth-order valence-electron chi connectivity index (χ4n) is 2.71. The smallest absolute Gasteiger partial charge is 0.258 e. The normalized spacial score (nSPS) is 12.6. The molecular formula is C22H26BrN3O2. The molecule has 1 atom stereocenters. The summed E-state index contributed by atoms with van der Waals surface area (Å²) in [6, 6.07) is 16.8. The number of nitrogens with one attached hydrogen (secondary N) is 1. The average Bonchev–Trinajstić information content (AvgIpc) is 3.06. The van der Waals surface area contributed by atoms with E-state index in [4.69, 9.17) is 5.10 Å². The minimum Gasteiger partial charge on any atom is -0.378 e. The minimum atomic E-state index is -1.27. The molecule has 0 aliphatic carbocycles. The second-order valence-electron chi connectivity index (χ2n) is 7.86. The van der Waals surface area contributed by atoms with Crippen LogP contribution in [-0.2, 0) is 10.2 Å². The van der Waals surface area contributed by atoms with Crippen LogP contribution in [0.2, 0.25) is 0 Å². The summed E-state index contributed by atoms with van der Waals surface area (Å²) in [5, 5.41) is 18.0. The third-order valence-electron chi connectivity index (χ3n) is 4.44. The van der Waals surface area contributed by atoms with Crippen molar-refractivity contribution in [3.05, 3.63) is 75.9 Å².